The van der Waals surface area contributed by atoms with E-state index in [1.807, 2.05) is 57.2 Å². The van der Waals surface area contributed by atoms with Crippen LogP contribution in [0, 0.1) is 12.7 Å². The number of hydrogen-bond donors (Lipinski definition) is 4. The first-order valence-corrected chi connectivity index (χ1v) is 13.2. The number of alkyl halides is 3. The number of aryl methyl sites for hydroxylation is 1. The summed E-state index contributed by atoms with van der Waals surface area (Å²) in [6.07, 6.45) is -3.58. The zero-order valence-electron chi connectivity index (χ0n) is 23.5. The van der Waals surface area contributed by atoms with Gasteiger partial charge in [0.15, 0.2) is 0 Å². The first-order chi connectivity index (χ1) is 19.8. The van der Waals surface area contributed by atoms with Crippen LogP contribution in [-0.2, 0) is 27.3 Å². The number of carbonyl (C=O) groups is 2. The predicted octanol–water partition coefficient (Wildman–Crippen LogP) is 5.12. The number of benzene rings is 2. The van der Waals surface area contributed by atoms with E-state index in [-0.39, 0.29) is 24.4 Å². The molecule has 42 heavy (non-hydrogen) atoms. The predicted molar refractivity (Wildman–Crippen MR) is 150 cm³/mol. The largest absolute Gasteiger partial charge is 0.490 e. The van der Waals surface area contributed by atoms with Crippen LogP contribution in [0.1, 0.15) is 37.1 Å². The highest BCUT2D eigenvalue weighted by molar-refractivity contribution is 5.84. The van der Waals surface area contributed by atoms with E-state index in [1.165, 1.54) is 12.1 Å². The van der Waals surface area contributed by atoms with Crippen molar-refractivity contribution in [2.24, 2.45) is 0 Å². The van der Waals surface area contributed by atoms with Gasteiger partial charge in [0.05, 0.1) is 6.10 Å². The number of aliphatic carboxylic acids is 1. The second-order valence-corrected chi connectivity index (χ2v) is 9.46. The Bertz CT molecular complexity index is 1280. The van der Waals surface area contributed by atoms with Gasteiger partial charge in [0.2, 0.25) is 11.9 Å². The van der Waals surface area contributed by atoms with Crippen LogP contribution >= 0.6 is 0 Å². The van der Waals surface area contributed by atoms with E-state index in [0.29, 0.717) is 36.9 Å². The molecule has 0 unspecified atom stereocenters. The van der Waals surface area contributed by atoms with Crippen molar-refractivity contribution in [3.63, 3.8) is 0 Å². The Morgan fingerprint density at radius 1 is 1.00 bits per heavy atom. The van der Waals surface area contributed by atoms with Crippen molar-refractivity contribution in [2.45, 2.75) is 58.5 Å². The van der Waals surface area contributed by atoms with Crippen molar-refractivity contribution < 1.29 is 37.0 Å². The SMILES string of the molecule is Cc1cc(N[C@@H](Cc2ccccc2)C(=O)NCc2cccc(F)c2)nc(NCCCOC(C)C)n1.O=C(O)C(F)(F)F. The van der Waals surface area contributed by atoms with Gasteiger partial charge in [0.1, 0.15) is 17.7 Å². The number of carboxylic acids is 1. The van der Waals surface area contributed by atoms with Gasteiger partial charge in [-0.25, -0.2) is 14.2 Å². The molecule has 0 bridgehead atoms. The maximum Gasteiger partial charge on any atom is 0.490 e. The minimum atomic E-state index is -5.08. The Morgan fingerprint density at radius 2 is 1.67 bits per heavy atom. The fourth-order valence-corrected chi connectivity index (χ4v) is 3.51. The summed E-state index contributed by atoms with van der Waals surface area (Å²) in [6.45, 7) is 7.47. The molecule has 1 heterocycles. The highest BCUT2D eigenvalue weighted by Crippen LogP contribution is 2.15. The molecule has 1 atom stereocenters. The number of nitrogens with zero attached hydrogens (tertiary/aromatic N) is 2. The summed E-state index contributed by atoms with van der Waals surface area (Å²) in [5.74, 6) is -2.24. The van der Waals surface area contributed by atoms with Crippen LogP contribution in [0.2, 0.25) is 0 Å². The molecule has 9 nitrogen and oxygen atoms in total. The Hall–Kier alpha value is -4.26. The molecule has 0 fully saturated rings. The van der Waals surface area contributed by atoms with Gasteiger partial charge in [-0.2, -0.15) is 18.2 Å². The average Bonchev–Trinajstić information content (AvgIpc) is 2.91. The normalized spacial score (nSPS) is 11.7. The topological polar surface area (TPSA) is 125 Å². The monoisotopic (exact) mass is 593 g/mol. The minimum absolute atomic E-state index is 0.199. The zero-order valence-corrected chi connectivity index (χ0v) is 23.5. The van der Waals surface area contributed by atoms with Crippen molar-refractivity contribution in [3.8, 4) is 0 Å². The fourth-order valence-electron chi connectivity index (χ4n) is 3.51. The third-order valence-electron chi connectivity index (χ3n) is 5.43. The van der Waals surface area contributed by atoms with Crippen LogP contribution in [0.5, 0.6) is 0 Å². The number of anilines is 2. The molecule has 3 aromatic rings. The van der Waals surface area contributed by atoms with Gasteiger partial charge >= 0.3 is 12.1 Å². The molecule has 4 N–H and O–H groups in total. The molecule has 3 rings (SSSR count). The number of amides is 1. The van der Waals surface area contributed by atoms with Gasteiger partial charge in [-0.3, -0.25) is 4.79 Å². The number of rotatable bonds is 13. The molecule has 0 aliphatic heterocycles. The van der Waals surface area contributed by atoms with Crippen molar-refractivity contribution in [1.29, 1.82) is 0 Å². The van der Waals surface area contributed by atoms with Crippen molar-refractivity contribution in [3.05, 3.63) is 83.3 Å². The molecular weight excluding hydrogens is 558 g/mol. The first kappa shape index (κ1) is 33.9. The van der Waals surface area contributed by atoms with Crippen LogP contribution < -0.4 is 16.0 Å². The number of nitrogens with one attached hydrogen (secondary N) is 3. The summed E-state index contributed by atoms with van der Waals surface area (Å²) >= 11 is 0. The van der Waals surface area contributed by atoms with E-state index < -0.39 is 18.2 Å². The van der Waals surface area contributed by atoms with E-state index in [1.54, 1.807) is 12.1 Å². The zero-order chi connectivity index (χ0) is 31.1. The van der Waals surface area contributed by atoms with E-state index in [4.69, 9.17) is 14.6 Å². The summed E-state index contributed by atoms with van der Waals surface area (Å²) in [6, 6.07) is 17.2. The lowest BCUT2D eigenvalue weighted by Gasteiger charge is -2.20. The van der Waals surface area contributed by atoms with Crippen molar-refractivity contribution in [1.82, 2.24) is 15.3 Å². The minimum Gasteiger partial charge on any atom is -0.475 e. The van der Waals surface area contributed by atoms with Gasteiger partial charge in [-0.05, 0) is 50.5 Å². The lowest BCUT2D eigenvalue weighted by Crippen LogP contribution is -2.41. The maximum atomic E-state index is 13.5. The Labute approximate surface area is 241 Å². The molecule has 2 aromatic carbocycles. The molecular formula is C29H35F4N5O4. The third kappa shape index (κ3) is 13.4. The molecule has 228 valence electrons. The van der Waals surface area contributed by atoms with Crippen LogP contribution in [0.3, 0.4) is 0 Å². The smallest absolute Gasteiger partial charge is 0.475 e. The van der Waals surface area contributed by atoms with Crippen LogP contribution in [0.25, 0.3) is 0 Å². The maximum absolute atomic E-state index is 13.5. The van der Waals surface area contributed by atoms with E-state index >= 15 is 0 Å². The molecule has 0 aliphatic carbocycles. The average molecular weight is 594 g/mol. The summed E-state index contributed by atoms with van der Waals surface area (Å²) < 4.78 is 50.8. The quantitative estimate of drug-likeness (QED) is 0.159. The second-order valence-electron chi connectivity index (χ2n) is 9.46. The summed E-state index contributed by atoms with van der Waals surface area (Å²) in [5, 5.41) is 16.5. The van der Waals surface area contributed by atoms with E-state index in [0.717, 1.165) is 17.7 Å². The van der Waals surface area contributed by atoms with Gasteiger partial charge < -0.3 is 25.8 Å². The third-order valence-corrected chi connectivity index (χ3v) is 5.43. The summed E-state index contributed by atoms with van der Waals surface area (Å²) in [5.41, 5.74) is 2.49. The molecule has 1 aromatic heterocycles. The number of ether oxygens (including phenoxy) is 1. The Morgan fingerprint density at radius 3 is 2.29 bits per heavy atom. The standard InChI is InChI=1S/C27H34FN5O2.C2HF3O2/c1-19(2)35-14-8-13-29-27-31-20(3)15-25(33-27)32-24(17-21-9-5-4-6-10-21)26(34)30-18-22-11-7-12-23(28)16-22;3-2(4,5)1(6)7/h4-7,9-12,15-16,19,24H,8,13-14,17-18H2,1-3H3,(H,30,34)(H2,29,31,32,33);(H,6,7)/t24-;/m0./s1. The Balaban J connectivity index is 0.000000782. The number of aromatic nitrogens is 2. The van der Waals surface area contributed by atoms with Crippen molar-refractivity contribution in [2.75, 3.05) is 23.8 Å². The number of carbonyl (C=O) groups excluding carboxylic acids is 1. The van der Waals surface area contributed by atoms with Gasteiger partial charge in [0.25, 0.3) is 0 Å². The number of hydrogen-bond acceptors (Lipinski definition) is 7. The van der Waals surface area contributed by atoms with Gasteiger partial charge in [0, 0.05) is 37.9 Å². The molecule has 0 saturated carbocycles. The van der Waals surface area contributed by atoms with E-state index in [9.17, 15) is 22.4 Å². The summed E-state index contributed by atoms with van der Waals surface area (Å²) in [4.78, 5) is 31.0. The lowest BCUT2D eigenvalue weighted by atomic mass is 10.0. The van der Waals surface area contributed by atoms with Crippen LogP contribution in [0.4, 0.5) is 29.3 Å². The lowest BCUT2D eigenvalue weighted by molar-refractivity contribution is -0.192. The van der Waals surface area contributed by atoms with Crippen molar-refractivity contribution >= 4 is 23.6 Å². The molecule has 0 radical (unpaired) electrons. The van der Waals surface area contributed by atoms with E-state index in [2.05, 4.69) is 25.9 Å². The molecule has 13 heteroatoms. The van der Waals surface area contributed by atoms with Crippen LogP contribution in [0.15, 0.2) is 60.7 Å². The highest BCUT2D eigenvalue weighted by Gasteiger charge is 2.38. The Kier molecular flexibility index (Phi) is 13.6. The highest BCUT2D eigenvalue weighted by atomic mass is 19.4. The van der Waals surface area contributed by atoms with Gasteiger partial charge in [-0.15, -0.1) is 0 Å². The summed E-state index contributed by atoms with van der Waals surface area (Å²) in [7, 11) is 0. The fraction of sp³-hybridized carbons (Fsp3) is 0.379. The molecule has 1 amide bonds. The van der Waals surface area contributed by atoms with Gasteiger partial charge in [-0.1, -0.05) is 42.5 Å². The van der Waals surface area contributed by atoms with Crippen LogP contribution in [-0.4, -0.2) is 58.4 Å². The second kappa shape index (κ2) is 16.9. The molecule has 0 aliphatic rings. The number of halogens is 4. The number of carboxylic acid groups (broad SMARTS) is 1. The molecule has 0 saturated heterocycles. The first-order valence-electron chi connectivity index (χ1n) is 13.2. The molecule has 0 spiro atoms.